The molecule has 0 N–H and O–H groups in total. The first-order valence-electron chi connectivity index (χ1n) is 6.24. The fourth-order valence-electron chi connectivity index (χ4n) is 2.31. The van der Waals surface area contributed by atoms with Crippen molar-refractivity contribution in [2.75, 3.05) is 13.1 Å². The molecule has 0 radical (unpaired) electrons. The van der Waals surface area contributed by atoms with E-state index in [1.54, 1.807) is 6.07 Å². The Morgan fingerprint density at radius 1 is 1.18 bits per heavy atom. The summed E-state index contributed by atoms with van der Waals surface area (Å²) in [7, 11) is 0. The third-order valence-corrected chi connectivity index (χ3v) is 3.55. The van der Waals surface area contributed by atoms with Gasteiger partial charge in [-0.1, -0.05) is 24.4 Å². The molecule has 1 aliphatic rings. The van der Waals surface area contributed by atoms with Gasteiger partial charge in [-0.25, -0.2) is 0 Å². The molecule has 17 heavy (non-hydrogen) atoms. The van der Waals surface area contributed by atoms with Crippen molar-refractivity contribution in [3.05, 3.63) is 34.3 Å². The van der Waals surface area contributed by atoms with Crippen LogP contribution >= 0.6 is 11.6 Å². The summed E-state index contributed by atoms with van der Waals surface area (Å²) in [5.41, 5.74) is 1.75. The molecule has 1 fully saturated rings. The zero-order valence-electron chi connectivity index (χ0n) is 10.2. The minimum absolute atomic E-state index is 0.154. The Balaban J connectivity index is 2.17. The molecule has 0 unspecified atom stereocenters. The van der Waals surface area contributed by atoms with Gasteiger partial charge in [0.25, 0.3) is 5.91 Å². The zero-order chi connectivity index (χ0) is 12.3. The molecule has 0 saturated carbocycles. The standard InChI is InChI=1S/C14H18ClNO/c1-11-10-12(15)6-7-13(11)14(17)16-8-4-2-3-5-9-16/h6-7,10H,2-5,8-9H2,1H3. The van der Waals surface area contributed by atoms with Gasteiger partial charge < -0.3 is 4.90 Å². The van der Waals surface area contributed by atoms with Gasteiger partial charge in [-0.2, -0.15) is 0 Å². The summed E-state index contributed by atoms with van der Waals surface area (Å²) in [4.78, 5) is 14.3. The van der Waals surface area contributed by atoms with Crippen LogP contribution in [0.1, 0.15) is 41.6 Å². The Bertz CT molecular complexity index is 409. The number of carbonyl (C=O) groups excluding carboxylic acids is 1. The highest BCUT2D eigenvalue weighted by molar-refractivity contribution is 6.30. The van der Waals surface area contributed by atoms with Gasteiger partial charge in [0, 0.05) is 23.7 Å². The van der Waals surface area contributed by atoms with Crippen molar-refractivity contribution in [2.24, 2.45) is 0 Å². The summed E-state index contributed by atoms with van der Waals surface area (Å²) >= 11 is 5.91. The monoisotopic (exact) mass is 251 g/mol. The summed E-state index contributed by atoms with van der Waals surface area (Å²) in [5.74, 6) is 0.154. The van der Waals surface area contributed by atoms with Crippen LogP contribution in [0.4, 0.5) is 0 Å². The van der Waals surface area contributed by atoms with Gasteiger partial charge >= 0.3 is 0 Å². The SMILES string of the molecule is Cc1cc(Cl)ccc1C(=O)N1CCCCCC1. The topological polar surface area (TPSA) is 20.3 Å². The number of nitrogens with zero attached hydrogens (tertiary/aromatic N) is 1. The fraction of sp³-hybridized carbons (Fsp3) is 0.500. The van der Waals surface area contributed by atoms with E-state index < -0.39 is 0 Å². The molecule has 2 rings (SSSR count). The number of amides is 1. The smallest absolute Gasteiger partial charge is 0.254 e. The Labute approximate surface area is 108 Å². The Hall–Kier alpha value is -1.02. The van der Waals surface area contributed by atoms with E-state index in [1.807, 2.05) is 24.0 Å². The first kappa shape index (κ1) is 12.4. The largest absolute Gasteiger partial charge is 0.339 e. The molecule has 0 atom stereocenters. The van der Waals surface area contributed by atoms with Crippen LogP contribution in [0.3, 0.4) is 0 Å². The molecule has 0 spiro atoms. The van der Waals surface area contributed by atoms with Crippen molar-refractivity contribution in [1.82, 2.24) is 4.90 Å². The first-order chi connectivity index (χ1) is 8.18. The molecule has 1 amide bonds. The second-order valence-corrected chi connectivity index (χ2v) is 5.10. The van der Waals surface area contributed by atoms with Crippen LogP contribution in [-0.2, 0) is 0 Å². The summed E-state index contributed by atoms with van der Waals surface area (Å²) in [6.45, 7) is 3.72. The van der Waals surface area contributed by atoms with Crippen molar-refractivity contribution >= 4 is 17.5 Å². The van der Waals surface area contributed by atoms with Gasteiger partial charge in [0.1, 0.15) is 0 Å². The molecule has 2 nitrogen and oxygen atoms in total. The average molecular weight is 252 g/mol. The van der Waals surface area contributed by atoms with Crippen molar-refractivity contribution in [1.29, 1.82) is 0 Å². The summed E-state index contributed by atoms with van der Waals surface area (Å²) in [6, 6.07) is 5.48. The molecule has 92 valence electrons. The van der Waals surface area contributed by atoms with Crippen molar-refractivity contribution in [3.8, 4) is 0 Å². The van der Waals surface area contributed by atoms with Crippen LogP contribution in [0.5, 0.6) is 0 Å². The second-order valence-electron chi connectivity index (χ2n) is 4.67. The minimum Gasteiger partial charge on any atom is -0.339 e. The maximum Gasteiger partial charge on any atom is 0.254 e. The quantitative estimate of drug-likeness (QED) is 0.746. The molecule has 1 heterocycles. The van der Waals surface area contributed by atoms with E-state index in [0.29, 0.717) is 5.02 Å². The van der Waals surface area contributed by atoms with Crippen LogP contribution in [0, 0.1) is 6.92 Å². The van der Waals surface area contributed by atoms with Crippen molar-refractivity contribution in [3.63, 3.8) is 0 Å². The van der Waals surface area contributed by atoms with Gasteiger partial charge in [-0.15, -0.1) is 0 Å². The Morgan fingerprint density at radius 3 is 2.41 bits per heavy atom. The Morgan fingerprint density at radius 2 is 1.82 bits per heavy atom. The average Bonchev–Trinajstić information content (AvgIpc) is 2.56. The third kappa shape index (κ3) is 3.01. The molecule has 1 aliphatic heterocycles. The molecule has 0 bridgehead atoms. The summed E-state index contributed by atoms with van der Waals surface area (Å²) in [6.07, 6.45) is 4.73. The van der Waals surface area contributed by atoms with Gasteiger partial charge in [0.2, 0.25) is 0 Å². The number of likely N-dealkylation sites (tertiary alicyclic amines) is 1. The van der Waals surface area contributed by atoms with E-state index in [1.165, 1.54) is 12.8 Å². The lowest BCUT2D eigenvalue weighted by molar-refractivity contribution is 0.0761. The number of benzene rings is 1. The third-order valence-electron chi connectivity index (χ3n) is 3.31. The van der Waals surface area contributed by atoms with E-state index in [-0.39, 0.29) is 5.91 Å². The highest BCUT2D eigenvalue weighted by Crippen LogP contribution is 2.19. The molecule has 1 aromatic rings. The lowest BCUT2D eigenvalue weighted by Crippen LogP contribution is -2.32. The van der Waals surface area contributed by atoms with Crippen molar-refractivity contribution < 1.29 is 4.79 Å². The van der Waals surface area contributed by atoms with E-state index >= 15 is 0 Å². The van der Waals surface area contributed by atoms with Crippen LogP contribution in [0.2, 0.25) is 5.02 Å². The predicted molar refractivity (Wildman–Crippen MR) is 70.6 cm³/mol. The van der Waals surface area contributed by atoms with Crippen molar-refractivity contribution in [2.45, 2.75) is 32.6 Å². The maximum atomic E-state index is 12.4. The molecule has 1 saturated heterocycles. The van der Waals surface area contributed by atoms with Crippen LogP contribution in [0.25, 0.3) is 0 Å². The summed E-state index contributed by atoms with van der Waals surface area (Å²) in [5, 5.41) is 0.690. The lowest BCUT2D eigenvalue weighted by atomic mass is 10.1. The number of carbonyl (C=O) groups is 1. The minimum atomic E-state index is 0.154. The molecule has 1 aromatic carbocycles. The predicted octanol–water partition coefficient (Wildman–Crippen LogP) is 3.66. The number of halogens is 1. The highest BCUT2D eigenvalue weighted by Gasteiger charge is 2.18. The number of rotatable bonds is 1. The van der Waals surface area contributed by atoms with Gasteiger partial charge in [-0.05, 0) is 43.5 Å². The van der Waals surface area contributed by atoms with Gasteiger partial charge in [-0.3, -0.25) is 4.79 Å². The number of hydrogen-bond acceptors (Lipinski definition) is 1. The molecule has 0 aliphatic carbocycles. The van der Waals surface area contributed by atoms with E-state index in [4.69, 9.17) is 11.6 Å². The van der Waals surface area contributed by atoms with Crippen LogP contribution in [-0.4, -0.2) is 23.9 Å². The lowest BCUT2D eigenvalue weighted by Gasteiger charge is -2.21. The molecule has 3 heteroatoms. The second kappa shape index (κ2) is 5.54. The molecular formula is C14H18ClNO. The zero-order valence-corrected chi connectivity index (χ0v) is 11.0. The number of aryl methyl sites for hydroxylation is 1. The number of hydrogen-bond donors (Lipinski definition) is 0. The van der Waals surface area contributed by atoms with Crippen LogP contribution in [0.15, 0.2) is 18.2 Å². The Kier molecular flexibility index (Phi) is 4.06. The maximum absolute atomic E-state index is 12.4. The van der Waals surface area contributed by atoms with Gasteiger partial charge in [0.15, 0.2) is 0 Å². The van der Waals surface area contributed by atoms with E-state index in [2.05, 4.69) is 0 Å². The normalized spacial score (nSPS) is 16.7. The molecule has 0 aromatic heterocycles. The summed E-state index contributed by atoms with van der Waals surface area (Å²) < 4.78 is 0. The fourth-order valence-corrected chi connectivity index (χ4v) is 2.54. The molecular weight excluding hydrogens is 234 g/mol. The van der Waals surface area contributed by atoms with Crippen LogP contribution < -0.4 is 0 Å². The van der Waals surface area contributed by atoms with Gasteiger partial charge in [0.05, 0.1) is 0 Å². The van der Waals surface area contributed by atoms with E-state index in [0.717, 1.165) is 37.1 Å². The highest BCUT2D eigenvalue weighted by atomic mass is 35.5. The first-order valence-corrected chi connectivity index (χ1v) is 6.62. The van der Waals surface area contributed by atoms with E-state index in [9.17, 15) is 4.79 Å².